The highest BCUT2D eigenvalue weighted by atomic mass is 15.1. The highest BCUT2D eigenvalue weighted by molar-refractivity contribution is 6.22. The Hall–Kier alpha value is -7.04. The number of rotatable bonds is 2. The van der Waals surface area contributed by atoms with E-state index in [1.807, 2.05) is 12.1 Å². The molecule has 0 bridgehead atoms. The largest absolute Gasteiger partial charge is 0.309 e. The van der Waals surface area contributed by atoms with E-state index in [0.29, 0.717) is 0 Å². The third kappa shape index (κ3) is 3.70. The van der Waals surface area contributed by atoms with E-state index in [4.69, 9.17) is 9.97 Å². The zero-order chi connectivity index (χ0) is 33.9. The number of hydrogen-bond acceptors (Lipinski definition) is 2. The number of nitrogens with zero attached hydrogens (tertiary/aromatic N) is 4. The van der Waals surface area contributed by atoms with Gasteiger partial charge in [0.1, 0.15) is 5.69 Å². The first-order chi connectivity index (χ1) is 25.8. The van der Waals surface area contributed by atoms with Gasteiger partial charge in [0.15, 0.2) is 5.82 Å². The molecule has 0 fully saturated rings. The fourth-order valence-corrected chi connectivity index (χ4v) is 8.76. The molecule has 1 aliphatic rings. The molecule has 3 aromatic heterocycles. The molecule has 0 atom stereocenters. The SMILES string of the molecule is c1ccc(-n2c3cc(-c4ccc5c(c4)c4cccc6c4n5-c4nc5ccccc5nc4-c4ccccc4-6)ccc3c3c4ccccc4ccc32)cc1. The lowest BCUT2D eigenvalue weighted by Crippen LogP contribution is -2.02. The Labute approximate surface area is 298 Å². The van der Waals surface area contributed by atoms with Crippen LogP contribution in [0, 0.1) is 0 Å². The summed E-state index contributed by atoms with van der Waals surface area (Å²) in [6, 6.07) is 61.3. The van der Waals surface area contributed by atoms with Crippen LogP contribution in [0.15, 0.2) is 170 Å². The number of benzene rings is 8. The Morgan fingerprint density at radius 3 is 1.98 bits per heavy atom. The van der Waals surface area contributed by atoms with Crippen molar-refractivity contribution in [2.24, 2.45) is 0 Å². The van der Waals surface area contributed by atoms with Crippen molar-refractivity contribution in [3.8, 4) is 45.0 Å². The molecule has 8 aromatic carbocycles. The molecular weight excluding hydrogens is 633 g/mol. The molecule has 4 heterocycles. The summed E-state index contributed by atoms with van der Waals surface area (Å²) in [6.07, 6.45) is 0. The van der Waals surface area contributed by atoms with Crippen molar-refractivity contribution in [1.29, 1.82) is 0 Å². The Kier molecular flexibility index (Phi) is 5.47. The molecule has 0 radical (unpaired) electrons. The summed E-state index contributed by atoms with van der Waals surface area (Å²) in [5, 5.41) is 7.47. The minimum atomic E-state index is 0.866. The zero-order valence-electron chi connectivity index (χ0n) is 28.0. The van der Waals surface area contributed by atoms with Gasteiger partial charge in [0.2, 0.25) is 0 Å². The van der Waals surface area contributed by atoms with Crippen LogP contribution in [0.5, 0.6) is 0 Å². The molecule has 0 saturated carbocycles. The van der Waals surface area contributed by atoms with Crippen molar-refractivity contribution in [1.82, 2.24) is 19.1 Å². The molecule has 0 amide bonds. The van der Waals surface area contributed by atoms with Gasteiger partial charge in [-0.25, -0.2) is 9.97 Å². The van der Waals surface area contributed by atoms with E-state index in [9.17, 15) is 0 Å². The van der Waals surface area contributed by atoms with Crippen LogP contribution in [0.1, 0.15) is 0 Å². The van der Waals surface area contributed by atoms with E-state index in [0.717, 1.165) is 44.8 Å². The Morgan fingerprint density at radius 1 is 0.385 bits per heavy atom. The lowest BCUT2D eigenvalue weighted by Gasteiger charge is -2.12. The van der Waals surface area contributed by atoms with Crippen molar-refractivity contribution in [2.75, 3.05) is 0 Å². The second-order valence-corrected chi connectivity index (χ2v) is 13.8. The van der Waals surface area contributed by atoms with E-state index in [2.05, 4.69) is 167 Å². The van der Waals surface area contributed by atoms with Gasteiger partial charge in [-0.2, -0.15) is 0 Å². The first-order valence-electron chi connectivity index (χ1n) is 17.8. The summed E-state index contributed by atoms with van der Waals surface area (Å²) >= 11 is 0. The highest BCUT2D eigenvalue weighted by Gasteiger charge is 2.27. The third-order valence-electron chi connectivity index (χ3n) is 11.0. The Morgan fingerprint density at radius 2 is 1.08 bits per heavy atom. The van der Waals surface area contributed by atoms with E-state index < -0.39 is 0 Å². The molecule has 0 aliphatic carbocycles. The molecule has 12 rings (SSSR count). The first-order valence-corrected chi connectivity index (χ1v) is 17.8. The zero-order valence-corrected chi connectivity index (χ0v) is 28.0. The van der Waals surface area contributed by atoms with Crippen LogP contribution in [0.4, 0.5) is 0 Å². The van der Waals surface area contributed by atoms with Gasteiger partial charge in [0.05, 0.1) is 33.1 Å². The molecule has 0 spiro atoms. The van der Waals surface area contributed by atoms with Gasteiger partial charge in [0, 0.05) is 38.4 Å². The molecule has 11 aromatic rings. The summed E-state index contributed by atoms with van der Waals surface area (Å²) in [5.41, 5.74) is 14.4. The van der Waals surface area contributed by atoms with Crippen LogP contribution in [0.2, 0.25) is 0 Å². The smallest absolute Gasteiger partial charge is 0.165 e. The standard InChI is InChI=1S/C48H28N4/c1-2-12-32(13-3-1)51-43-26-22-29-11-4-5-14-33(29)45(43)38-24-21-31(28-44(38)51)30-23-25-42-39(27-30)37-18-10-17-36-34-15-6-7-16-35(34)46-48(52(42)47(36)37)50-41-20-9-8-19-40(41)49-46/h1-28H. The second-order valence-electron chi connectivity index (χ2n) is 13.8. The van der Waals surface area contributed by atoms with E-state index in [-0.39, 0.29) is 0 Å². The maximum absolute atomic E-state index is 5.31. The number of hydrogen-bond donors (Lipinski definition) is 0. The molecule has 0 unspecified atom stereocenters. The van der Waals surface area contributed by atoms with E-state index in [1.165, 1.54) is 65.6 Å². The predicted octanol–water partition coefficient (Wildman–Crippen LogP) is 12.3. The van der Waals surface area contributed by atoms with Crippen LogP contribution in [-0.2, 0) is 0 Å². The summed E-state index contributed by atoms with van der Waals surface area (Å²) in [6.45, 7) is 0. The van der Waals surface area contributed by atoms with Crippen molar-refractivity contribution in [2.45, 2.75) is 0 Å². The van der Waals surface area contributed by atoms with Crippen LogP contribution in [0.3, 0.4) is 0 Å². The first kappa shape index (κ1) is 27.7. The minimum Gasteiger partial charge on any atom is -0.309 e. The summed E-state index contributed by atoms with van der Waals surface area (Å²) in [4.78, 5) is 10.6. The number of para-hydroxylation sites is 4. The average Bonchev–Trinajstić information content (AvgIpc) is 3.69. The van der Waals surface area contributed by atoms with Gasteiger partial charge >= 0.3 is 0 Å². The van der Waals surface area contributed by atoms with E-state index in [1.54, 1.807) is 0 Å². The van der Waals surface area contributed by atoms with Crippen molar-refractivity contribution < 1.29 is 0 Å². The van der Waals surface area contributed by atoms with Gasteiger partial charge in [0.25, 0.3) is 0 Å². The van der Waals surface area contributed by atoms with Crippen LogP contribution in [0.25, 0.3) is 110 Å². The molecule has 52 heavy (non-hydrogen) atoms. The predicted molar refractivity (Wildman–Crippen MR) is 216 cm³/mol. The summed E-state index contributed by atoms with van der Waals surface area (Å²) in [7, 11) is 0. The normalized spacial score (nSPS) is 12.2. The molecule has 0 N–H and O–H groups in total. The molecule has 1 aliphatic heterocycles. The third-order valence-corrected chi connectivity index (χ3v) is 11.0. The van der Waals surface area contributed by atoms with Crippen molar-refractivity contribution in [3.63, 3.8) is 0 Å². The quantitative estimate of drug-likeness (QED) is 0.185. The fraction of sp³-hybridized carbons (Fsp3) is 0. The van der Waals surface area contributed by atoms with Gasteiger partial charge in [-0.15, -0.1) is 0 Å². The molecule has 4 heteroatoms. The summed E-state index contributed by atoms with van der Waals surface area (Å²) in [5.74, 6) is 0.866. The van der Waals surface area contributed by atoms with Crippen molar-refractivity contribution in [3.05, 3.63) is 170 Å². The monoisotopic (exact) mass is 660 g/mol. The van der Waals surface area contributed by atoms with Crippen LogP contribution < -0.4 is 0 Å². The molecule has 240 valence electrons. The van der Waals surface area contributed by atoms with Gasteiger partial charge in [-0.1, -0.05) is 121 Å². The number of aromatic nitrogens is 4. The lowest BCUT2D eigenvalue weighted by molar-refractivity contribution is 1.09. The van der Waals surface area contributed by atoms with Gasteiger partial charge < -0.3 is 4.57 Å². The molecule has 4 nitrogen and oxygen atoms in total. The highest BCUT2D eigenvalue weighted by Crippen LogP contribution is 2.47. The fourth-order valence-electron chi connectivity index (χ4n) is 8.76. The molecular formula is C48H28N4. The Balaban J connectivity index is 1.14. The van der Waals surface area contributed by atoms with Crippen LogP contribution >= 0.6 is 0 Å². The van der Waals surface area contributed by atoms with Gasteiger partial charge in [-0.3, -0.25) is 4.57 Å². The topological polar surface area (TPSA) is 35.6 Å². The molecule has 0 saturated heterocycles. The average molecular weight is 661 g/mol. The Bertz CT molecular complexity index is 3290. The maximum Gasteiger partial charge on any atom is 0.165 e. The van der Waals surface area contributed by atoms with Gasteiger partial charge in [-0.05, 0) is 76.0 Å². The second kappa shape index (κ2) is 10.3. The number of fused-ring (bicyclic) bond motifs is 14. The van der Waals surface area contributed by atoms with E-state index >= 15 is 0 Å². The van der Waals surface area contributed by atoms with Crippen molar-refractivity contribution >= 4 is 65.4 Å². The van der Waals surface area contributed by atoms with Crippen LogP contribution in [-0.4, -0.2) is 19.1 Å². The lowest BCUT2D eigenvalue weighted by atomic mass is 9.96. The maximum atomic E-state index is 5.31. The minimum absolute atomic E-state index is 0.866. The summed E-state index contributed by atoms with van der Waals surface area (Å²) < 4.78 is 4.76.